The van der Waals surface area contributed by atoms with E-state index in [1.165, 1.54) is 0 Å². The summed E-state index contributed by atoms with van der Waals surface area (Å²) in [7, 11) is 0. The van der Waals surface area contributed by atoms with Gasteiger partial charge < -0.3 is 28.8 Å². The summed E-state index contributed by atoms with van der Waals surface area (Å²) in [6, 6.07) is 0. The van der Waals surface area contributed by atoms with Crippen molar-refractivity contribution in [3.63, 3.8) is 0 Å². The number of fused-ring (bicyclic) bond motifs is 1. The lowest BCUT2D eigenvalue weighted by molar-refractivity contribution is -0.190. The summed E-state index contributed by atoms with van der Waals surface area (Å²) in [5.74, 6) is -1.02. The maximum absolute atomic E-state index is 10.1. The number of aliphatic hydroxyl groups excluding tert-OH is 1. The minimum absolute atomic E-state index is 0.0388. The first kappa shape index (κ1) is 12.2. The van der Waals surface area contributed by atoms with Crippen LogP contribution in [0.4, 0.5) is 0 Å². The van der Waals surface area contributed by atoms with Gasteiger partial charge in [0.1, 0.15) is 6.10 Å². The maximum atomic E-state index is 10.1. The molecule has 2 unspecified atom stereocenters. The standard InChI is InChI=1S/C12H18O6/c1-11(2)14-5-6(16-11)8-7(13)9-10(15-8)18-12(3,4)17-9/h6,9-10,13H,5H2,1-4H3/t6?,9?,10-/m1/s1. The van der Waals surface area contributed by atoms with Crippen molar-refractivity contribution in [2.75, 3.05) is 6.61 Å². The van der Waals surface area contributed by atoms with E-state index in [1.54, 1.807) is 13.8 Å². The Bertz CT molecular complexity index is 399. The molecule has 6 heteroatoms. The molecule has 0 aromatic heterocycles. The summed E-state index contributed by atoms with van der Waals surface area (Å²) in [4.78, 5) is 0. The second kappa shape index (κ2) is 3.60. The van der Waals surface area contributed by atoms with E-state index in [2.05, 4.69) is 0 Å². The van der Waals surface area contributed by atoms with Crippen LogP contribution in [0.1, 0.15) is 27.7 Å². The zero-order valence-electron chi connectivity index (χ0n) is 10.9. The molecule has 0 saturated carbocycles. The number of rotatable bonds is 1. The Morgan fingerprint density at radius 2 is 1.78 bits per heavy atom. The van der Waals surface area contributed by atoms with E-state index in [0.717, 1.165) is 0 Å². The highest BCUT2D eigenvalue weighted by Gasteiger charge is 2.53. The number of ether oxygens (including phenoxy) is 5. The molecule has 3 rings (SSSR count). The second-order valence-electron chi connectivity index (χ2n) is 5.61. The summed E-state index contributed by atoms with van der Waals surface area (Å²) in [5.41, 5.74) is 0. The first-order valence-corrected chi connectivity index (χ1v) is 6.04. The molecular weight excluding hydrogens is 240 g/mol. The van der Waals surface area contributed by atoms with Crippen molar-refractivity contribution in [2.45, 2.75) is 57.8 Å². The van der Waals surface area contributed by atoms with E-state index in [1.807, 2.05) is 13.8 Å². The Kier molecular flexibility index (Phi) is 2.45. The van der Waals surface area contributed by atoms with Gasteiger partial charge in [-0.15, -0.1) is 0 Å². The van der Waals surface area contributed by atoms with Gasteiger partial charge in [-0.2, -0.15) is 0 Å². The highest BCUT2D eigenvalue weighted by molar-refractivity contribution is 5.19. The van der Waals surface area contributed by atoms with Crippen molar-refractivity contribution < 1.29 is 28.8 Å². The van der Waals surface area contributed by atoms with Crippen molar-refractivity contribution in [1.82, 2.24) is 0 Å². The predicted octanol–water partition coefficient (Wildman–Crippen LogP) is 1.42. The van der Waals surface area contributed by atoms with Crippen LogP contribution in [-0.2, 0) is 23.7 Å². The van der Waals surface area contributed by atoms with Crippen LogP contribution in [0.25, 0.3) is 0 Å². The van der Waals surface area contributed by atoms with Crippen LogP contribution in [0.15, 0.2) is 11.5 Å². The molecule has 6 nitrogen and oxygen atoms in total. The van der Waals surface area contributed by atoms with E-state index in [9.17, 15) is 5.11 Å². The van der Waals surface area contributed by atoms with Crippen molar-refractivity contribution in [1.29, 1.82) is 0 Å². The van der Waals surface area contributed by atoms with Crippen LogP contribution in [-0.4, -0.2) is 41.8 Å². The largest absolute Gasteiger partial charge is 0.506 e. The molecule has 0 aliphatic carbocycles. The summed E-state index contributed by atoms with van der Waals surface area (Å²) >= 11 is 0. The van der Waals surface area contributed by atoms with E-state index in [-0.39, 0.29) is 5.76 Å². The Balaban J connectivity index is 1.78. The molecule has 0 aromatic rings. The molecule has 0 spiro atoms. The van der Waals surface area contributed by atoms with Gasteiger partial charge >= 0.3 is 0 Å². The topological polar surface area (TPSA) is 66.4 Å². The minimum atomic E-state index is -0.749. The fourth-order valence-corrected chi connectivity index (χ4v) is 2.38. The van der Waals surface area contributed by atoms with Gasteiger partial charge in [0.05, 0.1) is 6.61 Å². The first-order chi connectivity index (χ1) is 8.27. The smallest absolute Gasteiger partial charge is 0.236 e. The summed E-state index contributed by atoms with van der Waals surface area (Å²) in [6.45, 7) is 7.53. The third kappa shape index (κ3) is 1.89. The summed E-state index contributed by atoms with van der Waals surface area (Å²) in [5, 5.41) is 10.1. The monoisotopic (exact) mass is 258 g/mol. The quantitative estimate of drug-likeness (QED) is 0.767. The average Bonchev–Trinajstić information content (AvgIpc) is 2.81. The van der Waals surface area contributed by atoms with Crippen molar-refractivity contribution in [2.24, 2.45) is 0 Å². The van der Waals surface area contributed by atoms with Gasteiger partial charge in [0.2, 0.25) is 6.29 Å². The Hall–Kier alpha value is -0.820. The van der Waals surface area contributed by atoms with E-state index < -0.39 is 30.1 Å². The minimum Gasteiger partial charge on any atom is -0.506 e. The molecule has 0 radical (unpaired) electrons. The summed E-state index contributed by atoms with van der Waals surface area (Å²) in [6.07, 6.45) is -1.61. The molecule has 3 aliphatic heterocycles. The zero-order valence-corrected chi connectivity index (χ0v) is 10.9. The summed E-state index contributed by atoms with van der Waals surface area (Å²) < 4.78 is 27.8. The van der Waals surface area contributed by atoms with Crippen molar-refractivity contribution in [3.05, 3.63) is 11.5 Å². The lowest BCUT2D eigenvalue weighted by Crippen LogP contribution is -2.26. The fraction of sp³-hybridized carbons (Fsp3) is 0.833. The van der Waals surface area contributed by atoms with E-state index in [0.29, 0.717) is 12.4 Å². The SMILES string of the molecule is CC1(C)OCC(C2=C(O)C3OC(C)(C)O[C@H]3O2)O1. The molecule has 0 amide bonds. The van der Waals surface area contributed by atoms with Crippen molar-refractivity contribution in [3.8, 4) is 0 Å². The maximum Gasteiger partial charge on any atom is 0.236 e. The highest BCUT2D eigenvalue weighted by atomic mass is 16.8. The number of aliphatic hydroxyl groups is 1. The second-order valence-corrected chi connectivity index (χ2v) is 5.61. The third-order valence-corrected chi connectivity index (χ3v) is 3.12. The normalized spacial score (nSPS) is 41.0. The van der Waals surface area contributed by atoms with Gasteiger partial charge in [-0.3, -0.25) is 0 Å². The molecule has 2 saturated heterocycles. The van der Waals surface area contributed by atoms with E-state index >= 15 is 0 Å². The van der Waals surface area contributed by atoms with Crippen LogP contribution in [0.5, 0.6) is 0 Å². The Morgan fingerprint density at radius 1 is 1.06 bits per heavy atom. The number of hydrogen-bond acceptors (Lipinski definition) is 6. The van der Waals surface area contributed by atoms with Crippen LogP contribution < -0.4 is 0 Å². The van der Waals surface area contributed by atoms with Crippen LogP contribution >= 0.6 is 0 Å². The predicted molar refractivity (Wildman–Crippen MR) is 59.5 cm³/mol. The first-order valence-electron chi connectivity index (χ1n) is 6.04. The Morgan fingerprint density at radius 3 is 2.33 bits per heavy atom. The molecule has 0 aromatic carbocycles. The molecule has 0 bridgehead atoms. The molecule has 1 N–H and O–H groups in total. The van der Waals surface area contributed by atoms with Gasteiger partial charge in [-0.25, -0.2) is 0 Å². The van der Waals surface area contributed by atoms with Crippen molar-refractivity contribution >= 4 is 0 Å². The van der Waals surface area contributed by atoms with E-state index in [4.69, 9.17) is 23.7 Å². The van der Waals surface area contributed by atoms with Gasteiger partial charge in [0, 0.05) is 0 Å². The lowest BCUT2D eigenvalue weighted by Gasteiger charge is -2.21. The van der Waals surface area contributed by atoms with Crippen LogP contribution in [0.3, 0.4) is 0 Å². The molecule has 2 fully saturated rings. The Labute approximate surface area is 105 Å². The molecular formula is C12H18O6. The van der Waals surface area contributed by atoms with Gasteiger partial charge in [0.15, 0.2) is 29.2 Å². The molecule has 3 heterocycles. The van der Waals surface area contributed by atoms with Crippen LogP contribution in [0.2, 0.25) is 0 Å². The van der Waals surface area contributed by atoms with Gasteiger partial charge in [-0.05, 0) is 27.7 Å². The highest BCUT2D eigenvalue weighted by Crippen LogP contribution is 2.41. The molecule has 3 aliphatic rings. The third-order valence-electron chi connectivity index (χ3n) is 3.12. The van der Waals surface area contributed by atoms with Gasteiger partial charge in [-0.1, -0.05) is 0 Å². The van der Waals surface area contributed by atoms with Crippen LogP contribution in [0, 0.1) is 0 Å². The molecule has 3 atom stereocenters. The lowest BCUT2D eigenvalue weighted by atomic mass is 10.2. The zero-order chi connectivity index (χ0) is 13.1. The fourth-order valence-electron chi connectivity index (χ4n) is 2.38. The molecule has 102 valence electrons. The average molecular weight is 258 g/mol. The van der Waals surface area contributed by atoms with Gasteiger partial charge in [0.25, 0.3) is 0 Å². The number of hydrogen-bond donors (Lipinski definition) is 1. The molecule has 18 heavy (non-hydrogen) atoms.